The van der Waals surface area contributed by atoms with Gasteiger partial charge in [0.2, 0.25) is 0 Å². The van der Waals surface area contributed by atoms with Crippen molar-refractivity contribution < 1.29 is 4.74 Å². The summed E-state index contributed by atoms with van der Waals surface area (Å²) in [4.78, 5) is 2.52. The molecule has 0 aromatic carbocycles. The van der Waals surface area contributed by atoms with E-state index in [9.17, 15) is 0 Å². The van der Waals surface area contributed by atoms with Gasteiger partial charge in [0.05, 0.1) is 0 Å². The molecule has 0 amide bonds. The Morgan fingerprint density at radius 3 is 2.47 bits per heavy atom. The van der Waals surface area contributed by atoms with Gasteiger partial charge < -0.3 is 9.64 Å². The molecular formula is C12H25NOS. The summed E-state index contributed by atoms with van der Waals surface area (Å²) in [6.07, 6.45) is 7.73. The Morgan fingerprint density at radius 1 is 1.13 bits per heavy atom. The van der Waals surface area contributed by atoms with E-state index in [1.54, 1.807) is 0 Å². The van der Waals surface area contributed by atoms with E-state index in [2.05, 4.69) is 24.6 Å². The van der Waals surface area contributed by atoms with Crippen LogP contribution < -0.4 is 0 Å². The first-order valence-electron chi connectivity index (χ1n) is 6.23. The minimum atomic E-state index is 0.767. The van der Waals surface area contributed by atoms with Crippen molar-refractivity contribution in [1.82, 2.24) is 4.90 Å². The smallest absolute Gasteiger partial charge is 0.0480 e. The molecule has 0 saturated carbocycles. The first-order valence-corrected chi connectivity index (χ1v) is 6.86. The van der Waals surface area contributed by atoms with Crippen molar-refractivity contribution in [1.29, 1.82) is 0 Å². The predicted molar refractivity (Wildman–Crippen MR) is 68.8 cm³/mol. The van der Waals surface area contributed by atoms with E-state index in [4.69, 9.17) is 4.74 Å². The summed E-state index contributed by atoms with van der Waals surface area (Å²) in [5.74, 6) is 1.04. The van der Waals surface area contributed by atoms with Crippen LogP contribution >= 0.6 is 12.6 Å². The van der Waals surface area contributed by atoms with Gasteiger partial charge in [-0.3, -0.25) is 0 Å². The third-order valence-corrected chi connectivity index (χ3v) is 3.55. The Balaban J connectivity index is 1.99. The number of unbranched alkanes of at least 4 members (excludes halogenated alkanes) is 3. The lowest BCUT2D eigenvalue weighted by Crippen LogP contribution is -2.37. The van der Waals surface area contributed by atoms with Crippen molar-refractivity contribution in [3.63, 3.8) is 0 Å². The molecule has 1 fully saturated rings. The molecule has 0 radical (unpaired) electrons. The third-order valence-electron chi connectivity index (χ3n) is 3.23. The first kappa shape index (κ1) is 13.3. The summed E-state index contributed by atoms with van der Waals surface area (Å²) in [5.41, 5.74) is 0. The predicted octanol–water partition coefficient (Wildman–Crippen LogP) is 2.59. The topological polar surface area (TPSA) is 12.5 Å². The van der Waals surface area contributed by atoms with Crippen molar-refractivity contribution in [2.45, 2.75) is 44.6 Å². The highest BCUT2D eigenvalue weighted by atomic mass is 32.1. The van der Waals surface area contributed by atoms with Crippen LogP contribution in [0.3, 0.4) is 0 Å². The second-order valence-corrected chi connectivity index (χ2v) is 4.91. The molecule has 15 heavy (non-hydrogen) atoms. The van der Waals surface area contributed by atoms with Crippen LogP contribution in [-0.2, 0) is 4.74 Å². The molecule has 2 nitrogen and oxygen atoms in total. The lowest BCUT2D eigenvalue weighted by Gasteiger charge is -2.31. The van der Waals surface area contributed by atoms with Gasteiger partial charge in [0.1, 0.15) is 0 Å². The standard InChI is InChI=1S/C12H25NOS/c1-13(8-4-2-3-5-11-15)12-6-9-14-10-7-12/h12,15H,2-11H2,1H3. The number of hydrogen-bond donors (Lipinski definition) is 1. The SMILES string of the molecule is CN(CCCCCCS)C1CCOCC1. The summed E-state index contributed by atoms with van der Waals surface area (Å²) in [6, 6.07) is 0.767. The number of ether oxygens (including phenoxy) is 1. The summed E-state index contributed by atoms with van der Waals surface area (Å²) in [5, 5.41) is 0. The lowest BCUT2D eigenvalue weighted by molar-refractivity contribution is 0.0426. The molecule has 0 bridgehead atoms. The van der Waals surface area contributed by atoms with E-state index in [0.717, 1.165) is 25.0 Å². The Labute approximate surface area is 99.8 Å². The van der Waals surface area contributed by atoms with Gasteiger partial charge in [-0.2, -0.15) is 12.6 Å². The van der Waals surface area contributed by atoms with Crippen molar-refractivity contribution in [2.24, 2.45) is 0 Å². The van der Waals surface area contributed by atoms with E-state index >= 15 is 0 Å². The second kappa shape index (κ2) is 8.43. The molecule has 0 aliphatic carbocycles. The Kier molecular flexibility index (Phi) is 7.49. The minimum Gasteiger partial charge on any atom is -0.381 e. The van der Waals surface area contributed by atoms with Gasteiger partial charge in [0.15, 0.2) is 0 Å². The molecule has 0 unspecified atom stereocenters. The maximum Gasteiger partial charge on any atom is 0.0480 e. The van der Waals surface area contributed by atoms with Crippen LogP contribution in [0.5, 0.6) is 0 Å². The zero-order valence-corrected chi connectivity index (χ0v) is 10.8. The normalized spacial score (nSPS) is 18.6. The number of nitrogens with zero attached hydrogens (tertiary/aromatic N) is 1. The maximum atomic E-state index is 5.37. The van der Waals surface area contributed by atoms with Crippen LogP contribution in [0.15, 0.2) is 0 Å². The van der Waals surface area contributed by atoms with Crippen molar-refractivity contribution in [3.8, 4) is 0 Å². The van der Waals surface area contributed by atoms with Crippen molar-refractivity contribution in [3.05, 3.63) is 0 Å². The summed E-state index contributed by atoms with van der Waals surface area (Å²) < 4.78 is 5.37. The summed E-state index contributed by atoms with van der Waals surface area (Å²) in [7, 11) is 2.26. The van der Waals surface area contributed by atoms with Crippen LogP contribution in [0.4, 0.5) is 0 Å². The van der Waals surface area contributed by atoms with E-state index in [0.29, 0.717) is 0 Å². The monoisotopic (exact) mass is 231 g/mol. The van der Waals surface area contributed by atoms with Crippen LogP contribution in [-0.4, -0.2) is 43.5 Å². The van der Waals surface area contributed by atoms with Gasteiger partial charge in [-0.05, 0) is 45.0 Å². The van der Waals surface area contributed by atoms with Gasteiger partial charge in [0.25, 0.3) is 0 Å². The van der Waals surface area contributed by atoms with Gasteiger partial charge in [0, 0.05) is 19.3 Å². The number of thiol groups is 1. The number of hydrogen-bond acceptors (Lipinski definition) is 3. The molecule has 1 heterocycles. The molecule has 1 aliphatic heterocycles. The molecule has 0 spiro atoms. The molecule has 1 rings (SSSR count). The number of rotatable bonds is 7. The van der Waals surface area contributed by atoms with Crippen LogP contribution in [0.1, 0.15) is 38.5 Å². The quantitative estimate of drug-likeness (QED) is 0.534. The summed E-state index contributed by atoms with van der Waals surface area (Å²) >= 11 is 4.22. The van der Waals surface area contributed by atoms with Crippen LogP contribution in [0.2, 0.25) is 0 Å². The zero-order valence-electron chi connectivity index (χ0n) is 9.95. The highest BCUT2D eigenvalue weighted by Gasteiger charge is 2.17. The van der Waals surface area contributed by atoms with E-state index < -0.39 is 0 Å². The highest BCUT2D eigenvalue weighted by molar-refractivity contribution is 7.80. The fourth-order valence-electron chi connectivity index (χ4n) is 2.14. The van der Waals surface area contributed by atoms with Crippen molar-refractivity contribution >= 4 is 12.6 Å². The first-order chi connectivity index (χ1) is 7.34. The third kappa shape index (κ3) is 5.79. The maximum absolute atomic E-state index is 5.37. The lowest BCUT2D eigenvalue weighted by atomic mass is 10.1. The molecular weight excluding hydrogens is 206 g/mol. The Morgan fingerprint density at radius 2 is 1.80 bits per heavy atom. The molecule has 1 aliphatic rings. The van der Waals surface area contributed by atoms with E-state index in [1.165, 1.54) is 45.1 Å². The van der Waals surface area contributed by atoms with Gasteiger partial charge in [-0.25, -0.2) is 0 Å². The highest BCUT2D eigenvalue weighted by Crippen LogP contribution is 2.13. The average Bonchev–Trinajstić information content (AvgIpc) is 2.30. The van der Waals surface area contributed by atoms with Gasteiger partial charge in [-0.1, -0.05) is 12.8 Å². The molecule has 0 atom stereocenters. The fourth-order valence-corrected chi connectivity index (χ4v) is 2.36. The largest absolute Gasteiger partial charge is 0.381 e. The Hall–Kier alpha value is 0.270. The van der Waals surface area contributed by atoms with Gasteiger partial charge in [-0.15, -0.1) is 0 Å². The molecule has 3 heteroatoms. The Bertz CT molecular complexity index is 149. The zero-order chi connectivity index (χ0) is 10.9. The molecule has 0 aromatic rings. The second-order valence-electron chi connectivity index (χ2n) is 4.46. The van der Waals surface area contributed by atoms with Crippen molar-refractivity contribution in [2.75, 3.05) is 32.6 Å². The van der Waals surface area contributed by atoms with Crippen LogP contribution in [0, 0.1) is 0 Å². The summed E-state index contributed by atoms with van der Waals surface area (Å²) in [6.45, 7) is 3.15. The molecule has 0 aromatic heterocycles. The van der Waals surface area contributed by atoms with Crippen LogP contribution in [0.25, 0.3) is 0 Å². The molecule has 1 saturated heterocycles. The fraction of sp³-hybridized carbons (Fsp3) is 1.00. The van der Waals surface area contributed by atoms with Gasteiger partial charge >= 0.3 is 0 Å². The van der Waals surface area contributed by atoms with E-state index in [-0.39, 0.29) is 0 Å². The molecule has 90 valence electrons. The van der Waals surface area contributed by atoms with E-state index in [1.807, 2.05) is 0 Å². The molecule has 0 N–H and O–H groups in total. The minimum absolute atomic E-state index is 0.767. The average molecular weight is 231 g/mol.